The number of hydrogen-bond donors (Lipinski definition) is 0. The fourth-order valence-corrected chi connectivity index (χ4v) is 2.54. The van der Waals surface area contributed by atoms with Gasteiger partial charge in [0.15, 0.2) is 0 Å². The van der Waals surface area contributed by atoms with Crippen molar-refractivity contribution < 1.29 is 4.74 Å². The van der Waals surface area contributed by atoms with Crippen LogP contribution in [0.5, 0.6) is 0 Å². The minimum absolute atomic E-state index is 0.176. The lowest BCUT2D eigenvalue weighted by atomic mass is 9.98. The molecule has 2 aliphatic rings. The van der Waals surface area contributed by atoms with Gasteiger partial charge in [-0.25, -0.2) is 0 Å². The van der Waals surface area contributed by atoms with E-state index in [2.05, 4.69) is 10.0 Å². The van der Waals surface area contributed by atoms with E-state index in [-0.39, 0.29) is 11.7 Å². The molecular weight excluding hydrogens is 166 g/mol. The molecule has 1 saturated carbocycles. The maximum absolute atomic E-state index is 8.19. The normalized spacial score (nSPS) is 30.6. The van der Waals surface area contributed by atoms with Crippen LogP contribution >= 0.6 is 0 Å². The first kappa shape index (κ1) is 8.85. The average molecular weight is 181 g/mol. The van der Waals surface area contributed by atoms with E-state index < -0.39 is 0 Å². The van der Waals surface area contributed by atoms with Gasteiger partial charge in [-0.05, 0) is 31.2 Å². The Kier molecular flexibility index (Phi) is 2.42. The zero-order chi connectivity index (χ0) is 9.15. The lowest BCUT2D eigenvalue weighted by Gasteiger charge is -2.23. The number of azide groups is 1. The summed E-state index contributed by atoms with van der Waals surface area (Å²) in [6.45, 7) is 0.512. The van der Waals surface area contributed by atoms with Crippen LogP contribution in [0.15, 0.2) is 5.11 Å². The van der Waals surface area contributed by atoms with E-state index in [1.165, 1.54) is 32.1 Å². The second-order valence-electron chi connectivity index (χ2n) is 4.08. The van der Waals surface area contributed by atoms with Gasteiger partial charge < -0.3 is 4.74 Å². The van der Waals surface area contributed by atoms with Crippen LogP contribution in [-0.2, 0) is 4.74 Å². The van der Waals surface area contributed by atoms with Crippen LogP contribution in [0.3, 0.4) is 0 Å². The fraction of sp³-hybridized carbons (Fsp3) is 1.00. The Labute approximate surface area is 77.9 Å². The van der Waals surface area contributed by atoms with E-state index in [0.717, 1.165) is 6.42 Å². The third-order valence-electron chi connectivity index (χ3n) is 3.20. The van der Waals surface area contributed by atoms with Crippen LogP contribution in [0, 0.1) is 0 Å². The standard InChI is InChI=1S/C9H15N3O/c10-12-11-7-8-3-6-9(13-8)4-1-2-5-9/h8H,1-7H2/t8-/m1/s1. The third-order valence-corrected chi connectivity index (χ3v) is 3.20. The highest BCUT2D eigenvalue weighted by Gasteiger charge is 2.41. The Morgan fingerprint density at radius 2 is 2.15 bits per heavy atom. The van der Waals surface area contributed by atoms with Gasteiger partial charge >= 0.3 is 0 Å². The van der Waals surface area contributed by atoms with Crippen molar-refractivity contribution >= 4 is 0 Å². The molecule has 1 atom stereocenters. The molecule has 0 unspecified atom stereocenters. The van der Waals surface area contributed by atoms with Crippen LogP contribution in [-0.4, -0.2) is 18.2 Å². The van der Waals surface area contributed by atoms with Crippen molar-refractivity contribution in [3.8, 4) is 0 Å². The SMILES string of the molecule is [N-]=[N+]=NC[C@H]1CCC2(CCCC2)O1. The van der Waals surface area contributed by atoms with Gasteiger partial charge in [0.1, 0.15) is 0 Å². The molecule has 1 aliphatic heterocycles. The van der Waals surface area contributed by atoms with Crippen molar-refractivity contribution in [3.63, 3.8) is 0 Å². The van der Waals surface area contributed by atoms with Gasteiger partial charge in [0.25, 0.3) is 0 Å². The molecule has 4 heteroatoms. The lowest BCUT2D eigenvalue weighted by molar-refractivity contribution is -0.0321. The highest BCUT2D eigenvalue weighted by atomic mass is 16.5. The summed E-state index contributed by atoms with van der Waals surface area (Å²) >= 11 is 0. The minimum atomic E-state index is 0.176. The van der Waals surface area contributed by atoms with Gasteiger partial charge in [0, 0.05) is 4.91 Å². The first-order valence-electron chi connectivity index (χ1n) is 5.03. The fourth-order valence-electron chi connectivity index (χ4n) is 2.54. The summed E-state index contributed by atoms with van der Waals surface area (Å²) in [4.78, 5) is 2.76. The van der Waals surface area contributed by atoms with Crippen LogP contribution in [0.2, 0.25) is 0 Å². The van der Waals surface area contributed by atoms with E-state index >= 15 is 0 Å². The van der Waals surface area contributed by atoms with Crippen molar-refractivity contribution in [2.24, 2.45) is 5.11 Å². The second kappa shape index (κ2) is 3.56. The molecule has 0 radical (unpaired) electrons. The van der Waals surface area contributed by atoms with Crippen LogP contribution in [0.25, 0.3) is 10.4 Å². The summed E-state index contributed by atoms with van der Waals surface area (Å²) in [5, 5.41) is 3.56. The number of rotatable bonds is 2. The van der Waals surface area contributed by atoms with Crippen molar-refractivity contribution in [1.82, 2.24) is 0 Å². The predicted molar refractivity (Wildman–Crippen MR) is 49.3 cm³/mol. The highest BCUT2D eigenvalue weighted by molar-refractivity contribution is 4.93. The van der Waals surface area contributed by atoms with Gasteiger partial charge in [0.05, 0.1) is 18.2 Å². The Bertz CT molecular complexity index is 229. The van der Waals surface area contributed by atoms with E-state index in [1.54, 1.807) is 0 Å². The average Bonchev–Trinajstić information content (AvgIpc) is 2.74. The van der Waals surface area contributed by atoms with E-state index in [0.29, 0.717) is 6.54 Å². The zero-order valence-corrected chi connectivity index (χ0v) is 7.78. The summed E-state index contributed by atoms with van der Waals surface area (Å²) in [5.74, 6) is 0. The quantitative estimate of drug-likeness (QED) is 0.367. The second-order valence-corrected chi connectivity index (χ2v) is 4.08. The molecule has 1 spiro atoms. The van der Waals surface area contributed by atoms with Gasteiger partial charge in [0.2, 0.25) is 0 Å². The Hall–Kier alpha value is -0.730. The van der Waals surface area contributed by atoms with Crippen LogP contribution < -0.4 is 0 Å². The Morgan fingerprint density at radius 1 is 1.38 bits per heavy atom. The Morgan fingerprint density at radius 3 is 2.85 bits per heavy atom. The number of ether oxygens (including phenoxy) is 1. The van der Waals surface area contributed by atoms with Crippen LogP contribution in [0.1, 0.15) is 38.5 Å². The molecule has 1 saturated heterocycles. The third kappa shape index (κ3) is 1.79. The summed E-state index contributed by atoms with van der Waals surface area (Å²) in [7, 11) is 0. The molecule has 1 aliphatic carbocycles. The maximum Gasteiger partial charge on any atom is 0.0687 e. The highest BCUT2D eigenvalue weighted by Crippen LogP contribution is 2.43. The summed E-state index contributed by atoms with van der Waals surface area (Å²) in [6, 6.07) is 0. The molecule has 0 aromatic carbocycles. The minimum Gasteiger partial charge on any atom is -0.372 e. The molecule has 0 aromatic rings. The first-order chi connectivity index (χ1) is 6.35. The van der Waals surface area contributed by atoms with Gasteiger partial charge in [-0.3, -0.25) is 0 Å². The van der Waals surface area contributed by atoms with Crippen molar-refractivity contribution in [1.29, 1.82) is 0 Å². The Balaban J connectivity index is 1.89. The molecule has 0 N–H and O–H groups in total. The molecule has 2 rings (SSSR count). The molecule has 2 fully saturated rings. The topological polar surface area (TPSA) is 58.0 Å². The smallest absolute Gasteiger partial charge is 0.0687 e. The predicted octanol–water partition coefficient (Wildman–Crippen LogP) is 2.79. The molecule has 4 nitrogen and oxygen atoms in total. The lowest BCUT2D eigenvalue weighted by Crippen LogP contribution is -2.25. The summed E-state index contributed by atoms with van der Waals surface area (Å²) in [5.41, 5.74) is 8.36. The van der Waals surface area contributed by atoms with Crippen LogP contribution in [0.4, 0.5) is 0 Å². The molecule has 72 valence electrons. The van der Waals surface area contributed by atoms with E-state index in [1.807, 2.05) is 0 Å². The largest absolute Gasteiger partial charge is 0.372 e. The first-order valence-corrected chi connectivity index (χ1v) is 5.03. The number of hydrogen-bond acceptors (Lipinski definition) is 2. The zero-order valence-electron chi connectivity index (χ0n) is 7.78. The van der Waals surface area contributed by atoms with Crippen molar-refractivity contribution in [2.45, 2.75) is 50.2 Å². The van der Waals surface area contributed by atoms with Gasteiger partial charge in [-0.2, -0.15) is 0 Å². The molecule has 0 aromatic heterocycles. The maximum atomic E-state index is 8.19. The molecule has 1 heterocycles. The monoisotopic (exact) mass is 181 g/mol. The van der Waals surface area contributed by atoms with Crippen molar-refractivity contribution in [3.05, 3.63) is 10.4 Å². The molecular formula is C9H15N3O. The molecule has 0 bridgehead atoms. The number of nitrogens with zero attached hydrogens (tertiary/aromatic N) is 3. The molecule has 13 heavy (non-hydrogen) atoms. The van der Waals surface area contributed by atoms with E-state index in [4.69, 9.17) is 10.3 Å². The van der Waals surface area contributed by atoms with Gasteiger partial charge in [-0.1, -0.05) is 18.0 Å². The van der Waals surface area contributed by atoms with Crippen molar-refractivity contribution in [2.75, 3.05) is 6.54 Å². The van der Waals surface area contributed by atoms with Gasteiger partial charge in [-0.15, -0.1) is 0 Å². The summed E-state index contributed by atoms with van der Waals surface area (Å²) in [6.07, 6.45) is 7.44. The molecule has 0 amide bonds. The van der Waals surface area contributed by atoms with E-state index in [9.17, 15) is 0 Å². The summed E-state index contributed by atoms with van der Waals surface area (Å²) < 4.78 is 5.95.